The SMILES string of the molecule is Cn1ncc(CN2CCCCC2=O)c1NS(C)(=O)=O. The van der Waals surface area contributed by atoms with Gasteiger partial charge in [0.1, 0.15) is 5.82 Å². The third-order valence-corrected chi connectivity index (χ3v) is 3.64. The number of piperidine rings is 1. The smallest absolute Gasteiger partial charge is 0.230 e. The number of nitrogens with zero attached hydrogens (tertiary/aromatic N) is 3. The van der Waals surface area contributed by atoms with E-state index in [9.17, 15) is 13.2 Å². The molecule has 1 N–H and O–H groups in total. The summed E-state index contributed by atoms with van der Waals surface area (Å²) in [6.45, 7) is 1.11. The molecule has 7 nitrogen and oxygen atoms in total. The van der Waals surface area contributed by atoms with Crippen LogP contribution in [0.15, 0.2) is 6.20 Å². The van der Waals surface area contributed by atoms with Crippen LogP contribution < -0.4 is 4.72 Å². The van der Waals surface area contributed by atoms with Gasteiger partial charge >= 0.3 is 0 Å². The van der Waals surface area contributed by atoms with E-state index in [4.69, 9.17) is 0 Å². The molecule has 19 heavy (non-hydrogen) atoms. The van der Waals surface area contributed by atoms with Gasteiger partial charge in [-0.1, -0.05) is 0 Å². The van der Waals surface area contributed by atoms with Gasteiger partial charge in [-0.2, -0.15) is 5.10 Å². The van der Waals surface area contributed by atoms with Gasteiger partial charge in [-0.3, -0.25) is 14.2 Å². The van der Waals surface area contributed by atoms with Crippen molar-refractivity contribution in [1.29, 1.82) is 0 Å². The maximum atomic E-state index is 11.8. The number of aromatic nitrogens is 2. The minimum absolute atomic E-state index is 0.111. The fourth-order valence-electron chi connectivity index (χ4n) is 2.14. The Labute approximate surface area is 112 Å². The van der Waals surface area contributed by atoms with E-state index in [-0.39, 0.29) is 5.91 Å². The molecule has 0 atom stereocenters. The number of carbonyl (C=O) groups excluding carboxylic acids is 1. The average Bonchev–Trinajstić information content (AvgIpc) is 2.63. The lowest BCUT2D eigenvalue weighted by Crippen LogP contribution is -2.34. The predicted octanol–water partition coefficient (Wildman–Crippen LogP) is 0.304. The Morgan fingerprint density at radius 2 is 2.16 bits per heavy atom. The highest BCUT2D eigenvalue weighted by atomic mass is 32.2. The summed E-state index contributed by atoms with van der Waals surface area (Å²) in [6.07, 6.45) is 5.16. The highest BCUT2D eigenvalue weighted by Crippen LogP contribution is 2.20. The molecule has 1 saturated heterocycles. The molecular formula is C11H18N4O3S. The summed E-state index contributed by atoms with van der Waals surface area (Å²) in [5.74, 6) is 0.529. The van der Waals surface area contributed by atoms with E-state index in [1.54, 1.807) is 18.1 Å². The highest BCUT2D eigenvalue weighted by Gasteiger charge is 2.21. The summed E-state index contributed by atoms with van der Waals surface area (Å²) in [5, 5.41) is 4.04. The normalized spacial score (nSPS) is 16.7. The van der Waals surface area contributed by atoms with Crippen molar-refractivity contribution in [2.24, 2.45) is 7.05 Å². The molecule has 1 fully saturated rings. The van der Waals surface area contributed by atoms with Crippen LogP contribution in [0.1, 0.15) is 24.8 Å². The number of hydrogen-bond acceptors (Lipinski definition) is 4. The third-order valence-electron chi connectivity index (χ3n) is 3.08. The molecule has 106 valence electrons. The van der Waals surface area contributed by atoms with Crippen LogP contribution in [0.5, 0.6) is 0 Å². The minimum atomic E-state index is -3.36. The molecule has 1 aliphatic heterocycles. The van der Waals surface area contributed by atoms with Crippen LogP contribution in [-0.2, 0) is 28.4 Å². The molecule has 0 aliphatic carbocycles. The Hall–Kier alpha value is -1.57. The topological polar surface area (TPSA) is 84.3 Å². The Balaban J connectivity index is 2.18. The van der Waals surface area contributed by atoms with Gasteiger partial charge in [-0.25, -0.2) is 8.42 Å². The largest absolute Gasteiger partial charge is 0.338 e. The Morgan fingerprint density at radius 1 is 1.42 bits per heavy atom. The van der Waals surface area contributed by atoms with Crippen molar-refractivity contribution in [1.82, 2.24) is 14.7 Å². The molecule has 1 aromatic rings. The number of rotatable bonds is 4. The fraction of sp³-hybridized carbons (Fsp3) is 0.636. The van der Waals surface area contributed by atoms with Crippen molar-refractivity contribution in [2.45, 2.75) is 25.8 Å². The van der Waals surface area contributed by atoms with Gasteiger partial charge in [-0.05, 0) is 12.8 Å². The molecule has 0 bridgehead atoms. The van der Waals surface area contributed by atoms with E-state index in [1.807, 2.05) is 0 Å². The van der Waals surface area contributed by atoms with Crippen LogP contribution in [0.4, 0.5) is 5.82 Å². The van der Waals surface area contributed by atoms with E-state index in [0.29, 0.717) is 30.9 Å². The molecule has 2 heterocycles. The molecule has 0 radical (unpaired) electrons. The van der Waals surface area contributed by atoms with Crippen molar-refractivity contribution in [3.8, 4) is 0 Å². The molecule has 1 aliphatic rings. The second kappa shape index (κ2) is 5.20. The second-order valence-corrected chi connectivity index (χ2v) is 6.54. The Morgan fingerprint density at radius 3 is 2.79 bits per heavy atom. The standard InChI is InChI=1S/C11H18N4O3S/c1-14-11(13-19(2,17)18)9(7-12-14)8-15-6-4-3-5-10(15)16/h7,13H,3-6,8H2,1-2H3. The number of sulfonamides is 1. The lowest BCUT2D eigenvalue weighted by atomic mass is 10.1. The van der Waals surface area contributed by atoms with Gasteiger partial charge in [0.05, 0.1) is 19.0 Å². The molecule has 1 amide bonds. The lowest BCUT2D eigenvalue weighted by Gasteiger charge is -2.26. The maximum absolute atomic E-state index is 11.8. The Bertz CT molecular complexity index is 579. The zero-order chi connectivity index (χ0) is 14.0. The summed E-state index contributed by atoms with van der Waals surface area (Å²) in [5.41, 5.74) is 0.711. The number of anilines is 1. The molecule has 0 saturated carbocycles. The first kappa shape index (κ1) is 13.9. The zero-order valence-corrected chi connectivity index (χ0v) is 11.9. The fourth-order valence-corrected chi connectivity index (χ4v) is 2.75. The van der Waals surface area contributed by atoms with Gasteiger partial charge in [0.25, 0.3) is 0 Å². The maximum Gasteiger partial charge on any atom is 0.230 e. The zero-order valence-electron chi connectivity index (χ0n) is 11.1. The van der Waals surface area contributed by atoms with Gasteiger partial charge in [0.2, 0.25) is 15.9 Å². The molecule has 2 rings (SSSR count). The van der Waals surface area contributed by atoms with Gasteiger partial charge in [0, 0.05) is 25.6 Å². The van der Waals surface area contributed by atoms with Crippen LogP contribution >= 0.6 is 0 Å². The number of nitrogens with one attached hydrogen (secondary N) is 1. The molecule has 0 spiro atoms. The van der Waals surface area contributed by atoms with E-state index >= 15 is 0 Å². The van der Waals surface area contributed by atoms with E-state index in [2.05, 4.69) is 9.82 Å². The van der Waals surface area contributed by atoms with Crippen LogP contribution in [0.3, 0.4) is 0 Å². The quantitative estimate of drug-likeness (QED) is 0.863. The van der Waals surface area contributed by atoms with Gasteiger partial charge in [0.15, 0.2) is 0 Å². The molecule has 1 aromatic heterocycles. The van der Waals surface area contributed by atoms with Crippen molar-refractivity contribution in [2.75, 3.05) is 17.5 Å². The van der Waals surface area contributed by atoms with E-state index in [1.165, 1.54) is 4.68 Å². The number of likely N-dealkylation sites (tertiary alicyclic amines) is 1. The van der Waals surface area contributed by atoms with Crippen LogP contribution in [-0.4, -0.2) is 41.8 Å². The highest BCUT2D eigenvalue weighted by molar-refractivity contribution is 7.92. The number of amides is 1. The number of carbonyl (C=O) groups is 1. The Kier molecular flexibility index (Phi) is 3.79. The summed E-state index contributed by atoms with van der Waals surface area (Å²) >= 11 is 0. The van der Waals surface area contributed by atoms with Crippen molar-refractivity contribution in [3.63, 3.8) is 0 Å². The van der Waals surface area contributed by atoms with Gasteiger partial charge < -0.3 is 4.90 Å². The number of aryl methyl sites for hydroxylation is 1. The van der Waals surface area contributed by atoms with Crippen LogP contribution in [0.25, 0.3) is 0 Å². The summed E-state index contributed by atoms with van der Waals surface area (Å²) in [7, 11) is -1.70. The first-order valence-corrected chi connectivity index (χ1v) is 8.02. The minimum Gasteiger partial charge on any atom is -0.338 e. The summed E-state index contributed by atoms with van der Waals surface area (Å²) in [4.78, 5) is 13.5. The molecule has 8 heteroatoms. The lowest BCUT2D eigenvalue weighted by molar-refractivity contribution is -0.133. The van der Waals surface area contributed by atoms with E-state index < -0.39 is 10.0 Å². The number of hydrogen-bond donors (Lipinski definition) is 1. The predicted molar refractivity (Wildman–Crippen MR) is 70.9 cm³/mol. The van der Waals surface area contributed by atoms with E-state index in [0.717, 1.165) is 19.1 Å². The monoisotopic (exact) mass is 286 g/mol. The second-order valence-electron chi connectivity index (χ2n) is 4.79. The molecule has 0 aromatic carbocycles. The van der Waals surface area contributed by atoms with Crippen molar-refractivity contribution < 1.29 is 13.2 Å². The first-order chi connectivity index (χ1) is 8.87. The van der Waals surface area contributed by atoms with Crippen molar-refractivity contribution >= 4 is 21.7 Å². The first-order valence-electron chi connectivity index (χ1n) is 6.13. The van der Waals surface area contributed by atoms with Gasteiger partial charge in [-0.15, -0.1) is 0 Å². The average molecular weight is 286 g/mol. The van der Waals surface area contributed by atoms with Crippen molar-refractivity contribution in [3.05, 3.63) is 11.8 Å². The summed E-state index contributed by atoms with van der Waals surface area (Å²) in [6, 6.07) is 0. The molecule has 0 unspecified atom stereocenters. The van der Waals surface area contributed by atoms with Crippen LogP contribution in [0.2, 0.25) is 0 Å². The summed E-state index contributed by atoms with van der Waals surface area (Å²) < 4.78 is 26.6. The third kappa shape index (κ3) is 3.46. The molecular weight excluding hydrogens is 268 g/mol. The van der Waals surface area contributed by atoms with Crippen LogP contribution in [0, 0.1) is 0 Å².